The van der Waals surface area contributed by atoms with Gasteiger partial charge in [-0.3, -0.25) is 4.79 Å². The Hall–Kier alpha value is -1.81. The van der Waals surface area contributed by atoms with Crippen LogP contribution in [0.4, 0.5) is 0 Å². The second-order valence-electron chi connectivity index (χ2n) is 13.3. The lowest BCUT2D eigenvalue weighted by Gasteiger charge is -2.50. The van der Waals surface area contributed by atoms with Crippen LogP contribution in [0.3, 0.4) is 0 Å². The first kappa shape index (κ1) is 31.7. The van der Waals surface area contributed by atoms with E-state index in [9.17, 15) is 4.79 Å². The summed E-state index contributed by atoms with van der Waals surface area (Å²) in [7, 11) is 1.93. The Morgan fingerprint density at radius 2 is 1.72 bits per heavy atom. The van der Waals surface area contributed by atoms with Crippen LogP contribution in [0.2, 0.25) is 0 Å². The first-order valence-electron chi connectivity index (χ1n) is 14.7. The average molecular weight is 549 g/mol. The van der Waals surface area contributed by atoms with Gasteiger partial charge in [0, 0.05) is 12.4 Å². The molecule has 9 nitrogen and oxygen atoms in total. The molecule has 5 atom stereocenters. The second kappa shape index (κ2) is 13.7. The third-order valence-electron chi connectivity index (χ3n) is 8.07. The summed E-state index contributed by atoms with van der Waals surface area (Å²) in [6.07, 6.45) is 7.21. The SMILES string of the molecule is CN[C@H]1C[C@@H](C)O[C@@H](OC2C(C)(C)CCCNCCCCOC(=O)C(C)(C)CC2(C)C)[C@@H]1Oc1ncccn1. The molecule has 39 heavy (non-hydrogen) atoms. The molecule has 0 saturated carbocycles. The normalized spacial score (nSPS) is 32.3. The van der Waals surface area contributed by atoms with Crippen LogP contribution in [0, 0.1) is 16.2 Å². The molecule has 3 heterocycles. The second-order valence-corrected chi connectivity index (χ2v) is 13.3. The number of hydrogen-bond donors (Lipinski definition) is 2. The molecule has 1 unspecified atom stereocenters. The molecular weight excluding hydrogens is 496 g/mol. The molecule has 0 aromatic carbocycles. The van der Waals surface area contributed by atoms with Crippen LogP contribution in [0.25, 0.3) is 0 Å². The Morgan fingerprint density at radius 3 is 2.41 bits per heavy atom. The fraction of sp³-hybridized carbons (Fsp3) is 0.833. The number of ether oxygens (including phenoxy) is 4. The minimum Gasteiger partial charge on any atom is -0.465 e. The van der Waals surface area contributed by atoms with Crippen molar-refractivity contribution in [1.29, 1.82) is 0 Å². The number of hydrogen-bond acceptors (Lipinski definition) is 9. The Bertz CT molecular complexity index is 895. The number of nitrogens with one attached hydrogen (secondary N) is 2. The number of carbonyl (C=O) groups excluding carboxylic acids is 1. The molecule has 2 aliphatic rings. The van der Waals surface area contributed by atoms with Gasteiger partial charge in [0.25, 0.3) is 0 Å². The molecule has 2 fully saturated rings. The van der Waals surface area contributed by atoms with E-state index >= 15 is 0 Å². The molecule has 2 aliphatic heterocycles. The highest BCUT2D eigenvalue weighted by Crippen LogP contribution is 2.47. The number of carbonyl (C=O) groups is 1. The van der Waals surface area contributed by atoms with Crippen LogP contribution in [0.1, 0.15) is 87.0 Å². The highest BCUT2D eigenvalue weighted by molar-refractivity contribution is 5.76. The molecule has 0 aliphatic carbocycles. The first-order chi connectivity index (χ1) is 18.4. The lowest BCUT2D eigenvalue weighted by molar-refractivity contribution is -0.286. The molecule has 0 bridgehead atoms. The van der Waals surface area contributed by atoms with Crippen molar-refractivity contribution in [3.63, 3.8) is 0 Å². The highest BCUT2D eigenvalue weighted by Gasteiger charge is 2.50. The van der Waals surface area contributed by atoms with Crippen molar-refractivity contribution in [2.75, 3.05) is 26.7 Å². The molecule has 0 radical (unpaired) electrons. The summed E-state index contributed by atoms with van der Waals surface area (Å²) in [5.41, 5.74) is -1.26. The van der Waals surface area contributed by atoms with Crippen molar-refractivity contribution < 1.29 is 23.7 Å². The number of esters is 1. The highest BCUT2D eigenvalue weighted by atomic mass is 16.7. The quantitative estimate of drug-likeness (QED) is 0.515. The topological polar surface area (TPSA) is 104 Å². The van der Waals surface area contributed by atoms with Crippen LogP contribution in [0.15, 0.2) is 18.5 Å². The van der Waals surface area contributed by atoms with Gasteiger partial charge in [0.05, 0.1) is 30.3 Å². The van der Waals surface area contributed by atoms with Gasteiger partial charge >= 0.3 is 12.0 Å². The molecule has 3 rings (SSSR count). The van der Waals surface area contributed by atoms with E-state index in [-0.39, 0.29) is 35.0 Å². The Labute approximate surface area is 235 Å². The van der Waals surface area contributed by atoms with Crippen molar-refractivity contribution >= 4 is 5.97 Å². The Kier molecular flexibility index (Phi) is 11.1. The van der Waals surface area contributed by atoms with E-state index < -0.39 is 17.8 Å². The zero-order valence-electron chi connectivity index (χ0n) is 25.4. The number of cyclic esters (lactones) is 1. The lowest BCUT2D eigenvalue weighted by atomic mass is 9.64. The summed E-state index contributed by atoms with van der Waals surface area (Å²) in [6, 6.07) is 2.05. The molecule has 1 aromatic heterocycles. The molecule has 2 saturated heterocycles. The lowest BCUT2D eigenvalue weighted by Crippen LogP contribution is -2.59. The van der Waals surface area contributed by atoms with Crippen molar-refractivity contribution in [3.05, 3.63) is 18.5 Å². The van der Waals surface area contributed by atoms with Gasteiger partial charge in [-0.25, -0.2) is 9.97 Å². The molecule has 0 spiro atoms. The van der Waals surface area contributed by atoms with Gasteiger partial charge in [0.15, 0.2) is 12.4 Å². The number of nitrogens with zero attached hydrogens (tertiary/aromatic N) is 2. The van der Waals surface area contributed by atoms with Crippen LogP contribution in [-0.2, 0) is 19.0 Å². The fourth-order valence-corrected chi connectivity index (χ4v) is 6.54. The maximum absolute atomic E-state index is 13.2. The summed E-state index contributed by atoms with van der Waals surface area (Å²) in [5, 5.41) is 6.94. The predicted octanol–water partition coefficient (Wildman–Crippen LogP) is 4.51. The number of aromatic nitrogens is 2. The van der Waals surface area contributed by atoms with E-state index in [1.165, 1.54) is 0 Å². The first-order valence-corrected chi connectivity index (χ1v) is 14.7. The summed E-state index contributed by atoms with van der Waals surface area (Å²) < 4.78 is 25.5. The maximum atomic E-state index is 13.2. The largest absolute Gasteiger partial charge is 0.465 e. The van der Waals surface area contributed by atoms with E-state index in [1.54, 1.807) is 18.5 Å². The van der Waals surface area contributed by atoms with E-state index in [1.807, 2.05) is 20.9 Å². The van der Waals surface area contributed by atoms with Crippen LogP contribution >= 0.6 is 0 Å². The van der Waals surface area contributed by atoms with Crippen LogP contribution in [0.5, 0.6) is 6.01 Å². The van der Waals surface area contributed by atoms with E-state index in [0.717, 1.165) is 45.2 Å². The molecule has 9 heteroatoms. The number of likely N-dealkylation sites (N-methyl/N-ethyl adjacent to an activating group) is 1. The third kappa shape index (κ3) is 8.84. The Balaban J connectivity index is 1.94. The molecule has 222 valence electrons. The minimum absolute atomic E-state index is 0.00772. The van der Waals surface area contributed by atoms with Crippen LogP contribution in [-0.4, -0.2) is 73.3 Å². The van der Waals surface area contributed by atoms with Gasteiger partial charge in [-0.2, -0.15) is 0 Å². The summed E-state index contributed by atoms with van der Waals surface area (Å²) in [6.45, 7) is 17.3. The number of rotatable bonds is 5. The third-order valence-corrected chi connectivity index (χ3v) is 8.07. The summed E-state index contributed by atoms with van der Waals surface area (Å²) >= 11 is 0. The Morgan fingerprint density at radius 1 is 1.03 bits per heavy atom. The van der Waals surface area contributed by atoms with Gasteiger partial charge in [-0.15, -0.1) is 0 Å². The van der Waals surface area contributed by atoms with Crippen LogP contribution < -0.4 is 15.4 Å². The van der Waals surface area contributed by atoms with Crippen molar-refractivity contribution in [1.82, 2.24) is 20.6 Å². The average Bonchev–Trinajstić information content (AvgIpc) is 2.86. The van der Waals surface area contributed by atoms with E-state index in [4.69, 9.17) is 18.9 Å². The molecule has 2 N–H and O–H groups in total. The van der Waals surface area contributed by atoms with Crippen molar-refractivity contribution in [2.45, 2.75) is 118 Å². The standard InChI is InChI=1S/C30H52N4O5/c1-21-19-22(31-8)23(38-27-33-16-12-17-34-27)24(37-21)39-25-28(2,3)13-11-15-32-14-9-10-18-36-26(35)30(6,7)20-29(25,4)5/h12,16-17,21-25,31-32H,9-11,13-15,18-20H2,1-8H3/t21-,22+,23-,24+,25?/m1/s1. The minimum atomic E-state index is -0.665. The zero-order valence-corrected chi connectivity index (χ0v) is 25.4. The smallest absolute Gasteiger partial charge is 0.316 e. The van der Waals surface area contributed by atoms with Crippen molar-refractivity contribution in [3.8, 4) is 6.01 Å². The van der Waals surface area contributed by atoms with Gasteiger partial charge in [-0.1, -0.05) is 27.7 Å². The zero-order chi connectivity index (χ0) is 28.7. The fourth-order valence-electron chi connectivity index (χ4n) is 6.54. The maximum Gasteiger partial charge on any atom is 0.316 e. The predicted molar refractivity (Wildman–Crippen MR) is 151 cm³/mol. The van der Waals surface area contributed by atoms with E-state index in [2.05, 4.69) is 55.2 Å². The summed E-state index contributed by atoms with van der Waals surface area (Å²) in [5.74, 6) is -0.157. The van der Waals surface area contributed by atoms with Gasteiger partial charge in [0.2, 0.25) is 0 Å². The molecule has 0 amide bonds. The monoisotopic (exact) mass is 548 g/mol. The summed E-state index contributed by atoms with van der Waals surface area (Å²) in [4.78, 5) is 21.7. The van der Waals surface area contributed by atoms with Gasteiger partial charge in [-0.05, 0) is 96.3 Å². The van der Waals surface area contributed by atoms with Gasteiger partial charge < -0.3 is 29.6 Å². The van der Waals surface area contributed by atoms with Crippen molar-refractivity contribution in [2.24, 2.45) is 16.2 Å². The molecule has 1 aromatic rings. The van der Waals surface area contributed by atoms with Gasteiger partial charge in [0.1, 0.15) is 0 Å². The van der Waals surface area contributed by atoms with E-state index in [0.29, 0.717) is 19.0 Å². The molecular formula is C30H52N4O5.